The van der Waals surface area contributed by atoms with Gasteiger partial charge in [-0.2, -0.15) is 0 Å². The maximum atomic E-state index is 13.5. The van der Waals surface area contributed by atoms with Crippen molar-refractivity contribution >= 4 is 27.5 Å². The normalized spacial score (nSPS) is 13.3. The first kappa shape index (κ1) is 16.9. The fourth-order valence-electron chi connectivity index (χ4n) is 1.37. The van der Waals surface area contributed by atoms with E-state index >= 15 is 0 Å². The van der Waals surface area contributed by atoms with E-state index in [4.69, 9.17) is 16.7 Å². The number of halogens is 2. The summed E-state index contributed by atoms with van der Waals surface area (Å²) in [5.74, 6) is -1.50. The van der Waals surface area contributed by atoms with E-state index in [1.165, 1.54) is 0 Å². The van der Waals surface area contributed by atoms with Crippen LogP contribution in [0.1, 0.15) is 31.1 Å². The summed E-state index contributed by atoms with van der Waals surface area (Å²) in [5, 5.41) is 7.36. The lowest BCUT2D eigenvalue weighted by atomic mass is 10.1. The molecule has 0 fully saturated rings. The van der Waals surface area contributed by atoms with Crippen molar-refractivity contribution in [3.05, 3.63) is 28.5 Å². The number of hydrogen-bond donors (Lipinski definition) is 2. The van der Waals surface area contributed by atoms with Gasteiger partial charge in [-0.15, -0.1) is 0 Å². The Morgan fingerprint density at radius 3 is 2.35 bits per heavy atom. The highest BCUT2D eigenvalue weighted by Crippen LogP contribution is 2.23. The minimum Gasteiger partial charge on any atom is -0.349 e. The molecule has 0 aliphatic rings. The SMILES string of the molecule is CC(C)C(C)NC(=O)c1cc(S(N)(=O)=O)c(F)cc1Cl. The summed E-state index contributed by atoms with van der Waals surface area (Å²) in [6, 6.07) is 1.45. The number of carbonyl (C=O) groups is 1. The second-order valence-electron chi connectivity index (χ2n) is 4.81. The summed E-state index contributed by atoms with van der Waals surface area (Å²) >= 11 is 5.77. The number of primary sulfonamides is 1. The molecule has 1 rings (SSSR count). The number of nitrogens with two attached hydrogens (primary N) is 1. The van der Waals surface area contributed by atoms with E-state index in [2.05, 4.69) is 5.32 Å². The first-order valence-electron chi connectivity index (χ1n) is 5.86. The molecule has 0 spiro atoms. The van der Waals surface area contributed by atoms with Gasteiger partial charge in [-0.25, -0.2) is 17.9 Å². The summed E-state index contributed by atoms with van der Waals surface area (Å²) in [6.45, 7) is 5.61. The van der Waals surface area contributed by atoms with Crippen LogP contribution in [0, 0.1) is 11.7 Å². The molecular weight excluding hydrogens is 307 g/mol. The van der Waals surface area contributed by atoms with E-state index in [0.29, 0.717) is 0 Å². The van der Waals surface area contributed by atoms with Crippen LogP contribution in [-0.2, 0) is 10.0 Å². The molecule has 1 aromatic carbocycles. The second kappa shape index (κ2) is 6.07. The highest BCUT2D eigenvalue weighted by molar-refractivity contribution is 7.89. The third kappa shape index (κ3) is 3.91. The predicted molar refractivity (Wildman–Crippen MR) is 74.5 cm³/mol. The number of benzene rings is 1. The summed E-state index contributed by atoms with van der Waals surface area (Å²) in [4.78, 5) is 11.3. The third-order valence-corrected chi connectivity index (χ3v) is 4.17. The van der Waals surface area contributed by atoms with Gasteiger partial charge >= 0.3 is 0 Å². The largest absolute Gasteiger partial charge is 0.349 e. The van der Waals surface area contributed by atoms with Crippen molar-refractivity contribution < 1.29 is 17.6 Å². The van der Waals surface area contributed by atoms with Gasteiger partial charge in [-0.3, -0.25) is 4.79 Å². The summed E-state index contributed by atoms with van der Waals surface area (Å²) in [7, 11) is -4.26. The Hall–Kier alpha value is -1.18. The molecule has 0 bridgehead atoms. The lowest BCUT2D eigenvalue weighted by Crippen LogP contribution is -2.36. The molecule has 3 N–H and O–H groups in total. The van der Waals surface area contributed by atoms with Gasteiger partial charge in [-0.1, -0.05) is 25.4 Å². The molecule has 1 unspecified atom stereocenters. The molecule has 8 heteroatoms. The fraction of sp³-hybridized carbons (Fsp3) is 0.417. The second-order valence-corrected chi connectivity index (χ2v) is 6.75. The van der Waals surface area contributed by atoms with Crippen LogP contribution < -0.4 is 10.5 Å². The molecule has 0 saturated carbocycles. The maximum Gasteiger partial charge on any atom is 0.253 e. The Bertz CT molecular complexity index is 632. The van der Waals surface area contributed by atoms with Crippen molar-refractivity contribution in [3.8, 4) is 0 Å². The van der Waals surface area contributed by atoms with Crippen LogP contribution in [0.3, 0.4) is 0 Å². The molecule has 0 aliphatic heterocycles. The Balaban J connectivity index is 3.22. The highest BCUT2D eigenvalue weighted by atomic mass is 35.5. The number of sulfonamides is 1. The van der Waals surface area contributed by atoms with E-state index in [9.17, 15) is 17.6 Å². The summed E-state index contributed by atoms with van der Waals surface area (Å²) in [6.07, 6.45) is 0. The number of nitrogens with one attached hydrogen (secondary N) is 1. The first-order valence-corrected chi connectivity index (χ1v) is 7.79. The Morgan fingerprint density at radius 1 is 1.35 bits per heavy atom. The zero-order valence-electron chi connectivity index (χ0n) is 11.3. The van der Waals surface area contributed by atoms with Gasteiger partial charge < -0.3 is 5.32 Å². The minimum absolute atomic E-state index is 0.135. The van der Waals surface area contributed by atoms with Gasteiger partial charge in [0.15, 0.2) is 0 Å². The van der Waals surface area contributed by atoms with E-state index in [-0.39, 0.29) is 22.5 Å². The number of amides is 1. The number of rotatable bonds is 4. The van der Waals surface area contributed by atoms with Gasteiger partial charge in [0.25, 0.3) is 5.91 Å². The molecule has 5 nitrogen and oxygen atoms in total. The van der Waals surface area contributed by atoms with Crippen LogP contribution in [0.2, 0.25) is 5.02 Å². The molecule has 1 atom stereocenters. The minimum atomic E-state index is -4.26. The van der Waals surface area contributed by atoms with Crippen LogP contribution in [0.5, 0.6) is 0 Å². The molecule has 0 aromatic heterocycles. The van der Waals surface area contributed by atoms with Crippen LogP contribution in [0.25, 0.3) is 0 Å². The molecule has 0 aliphatic carbocycles. The summed E-state index contributed by atoms with van der Waals surface area (Å²) < 4.78 is 36.0. The van der Waals surface area contributed by atoms with Gasteiger partial charge in [0.1, 0.15) is 10.7 Å². The van der Waals surface area contributed by atoms with Crippen molar-refractivity contribution in [1.82, 2.24) is 5.32 Å². The van der Waals surface area contributed by atoms with Crippen LogP contribution in [0.15, 0.2) is 17.0 Å². The maximum absolute atomic E-state index is 13.5. The zero-order valence-corrected chi connectivity index (χ0v) is 12.8. The first-order chi connectivity index (χ1) is 9.04. The van der Waals surface area contributed by atoms with Gasteiger partial charge in [0.05, 0.1) is 10.6 Å². The highest BCUT2D eigenvalue weighted by Gasteiger charge is 2.22. The van der Waals surface area contributed by atoms with E-state index in [1.807, 2.05) is 13.8 Å². The Kier molecular flexibility index (Phi) is 5.12. The van der Waals surface area contributed by atoms with Crippen molar-refractivity contribution in [1.29, 1.82) is 0 Å². The molecular formula is C12H16ClFN2O3S. The number of hydrogen-bond acceptors (Lipinski definition) is 3. The molecule has 0 heterocycles. The smallest absolute Gasteiger partial charge is 0.253 e. The molecule has 0 saturated heterocycles. The summed E-state index contributed by atoms with van der Waals surface area (Å²) in [5.41, 5.74) is -0.135. The van der Waals surface area contributed by atoms with E-state index < -0.39 is 26.6 Å². The quantitative estimate of drug-likeness (QED) is 0.887. The monoisotopic (exact) mass is 322 g/mol. The predicted octanol–water partition coefficient (Wildman–Crippen LogP) is 1.90. The average Bonchev–Trinajstić information content (AvgIpc) is 2.26. The van der Waals surface area contributed by atoms with E-state index in [1.54, 1.807) is 6.92 Å². The molecule has 1 amide bonds. The molecule has 0 radical (unpaired) electrons. The fourth-order valence-corrected chi connectivity index (χ4v) is 2.22. The molecule has 1 aromatic rings. The average molecular weight is 323 g/mol. The van der Waals surface area contributed by atoms with Crippen molar-refractivity contribution in [2.24, 2.45) is 11.1 Å². The molecule has 20 heavy (non-hydrogen) atoms. The van der Waals surface area contributed by atoms with Gasteiger partial charge in [0, 0.05) is 6.04 Å². The van der Waals surface area contributed by atoms with Crippen LogP contribution in [-0.4, -0.2) is 20.4 Å². The Morgan fingerprint density at radius 2 is 1.90 bits per heavy atom. The van der Waals surface area contributed by atoms with Crippen LogP contribution in [0.4, 0.5) is 4.39 Å². The van der Waals surface area contributed by atoms with Crippen molar-refractivity contribution in [2.75, 3.05) is 0 Å². The zero-order chi connectivity index (χ0) is 15.7. The third-order valence-electron chi connectivity index (χ3n) is 2.93. The molecule has 112 valence electrons. The lowest BCUT2D eigenvalue weighted by molar-refractivity contribution is 0.0930. The van der Waals surface area contributed by atoms with Gasteiger partial charge in [0.2, 0.25) is 10.0 Å². The van der Waals surface area contributed by atoms with Gasteiger partial charge in [-0.05, 0) is 25.0 Å². The lowest BCUT2D eigenvalue weighted by Gasteiger charge is -2.18. The van der Waals surface area contributed by atoms with Crippen molar-refractivity contribution in [2.45, 2.75) is 31.7 Å². The Labute approximate surface area is 122 Å². The van der Waals surface area contributed by atoms with Crippen molar-refractivity contribution in [3.63, 3.8) is 0 Å². The standard InChI is InChI=1S/C12H16ClFN2O3S/c1-6(2)7(3)16-12(17)8-4-11(20(15,18)19)10(14)5-9(8)13/h4-7H,1-3H3,(H,16,17)(H2,15,18,19). The van der Waals surface area contributed by atoms with Crippen LogP contribution >= 0.6 is 11.6 Å². The topological polar surface area (TPSA) is 89.3 Å². The van der Waals surface area contributed by atoms with E-state index in [0.717, 1.165) is 12.1 Å². The number of carbonyl (C=O) groups excluding carboxylic acids is 1.